The second-order valence-corrected chi connectivity index (χ2v) is 4.92. The summed E-state index contributed by atoms with van der Waals surface area (Å²) in [5, 5.41) is 9.11. The van der Waals surface area contributed by atoms with E-state index in [1.54, 1.807) is 25.3 Å². The third kappa shape index (κ3) is 3.78. The fourth-order valence-corrected chi connectivity index (χ4v) is 2.53. The molecule has 104 valence electrons. The van der Waals surface area contributed by atoms with Crippen LogP contribution in [0.1, 0.15) is 41.6 Å². The van der Waals surface area contributed by atoms with E-state index in [-0.39, 0.29) is 12.2 Å². The SMILES string of the molecule is COC1CCCC(OCc2ccccc2C(=O)O)C1. The molecule has 2 rings (SSSR count). The van der Waals surface area contributed by atoms with Gasteiger partial charge in [-0.05, 0) is 37.3 Å². The highest BCUT2D eigenvalue weighted by Crippen LogP contribution is 2.24. The molecular weight excluding hydrogens is 244 g/mol. The summed E-state index contributed by atoms with van der Waals surface area (Å²) in [6.45, 7) is 0.351. The lowest BCUT2D eigenvalue weighted by Gasteiger charge is -2.28. The Balaban J connectivity index is 1.93. The average Bonchev–Trinajstić information content (AvgIpc) is 2.45. The van der Waals surface area contributed by atoms with Crippen molar-refractivity contribution in [3.8, 4) is 0 Å². The number of hydrogen-bond donors (Lipinski definition) is 1. The number of aromatic carboxylic acids is 1. The predicted molar refractivity (Wildman–Crippen MR) is 71.2 cm³/mol. The Bertz CT molecular complexity index is 430. The van der Waals surface area contributed by atoms with E-state index < -0.39 is 5.97 Å². The van der Waals surface area contributed by atoms with Crippen LogP contribution in [0, 0.1) is 0 Å². The summed E-state index contributed by atoms with van der Waals surface area (Å²) in [6.07, 6.45) is 4.54. The number of carboxylic acids is 1. The zero-order valence-electron chi connectivity index (χ0n) is 11.2. The van der Waals surface area contributed by atoms with Crippen molar-refractivity contribution in [3.05, 3.63) is 35.4 Å². The number of carboxylic acid groups (broad SMARTS) is 1. The second-order valence-electron chi connectivity index (χ2n) is 4.92. The van der Waals surface area contributed by atoms with Crippen molar-refractivity contribution in [3.63, 3.8) is 0 Å². The molecule has 1 N–H and O–H groups in total. The predicted octanol–water partition coefficient (Wildman–Crippen LogP) is 2.86. The minimum atomic E-state index is -0.905. The Labute approximate surface area is 113 Å². The Morgan fingerprint density at radius 3 is 2.79 bits per heavy atom. The summed E-state index contributed by atoms with van der Waals surface area (Å²) in [5.74, 6) is -0.905. The second kappa shape index (κ2) is 6.68. The van der Waals surface area contributed by atoms with E-state index in [1.807, 2.05) is 6.07 Å². The van der Waals surface area contributed by atoms with Crippen molar-refractivity contribution in [1.82, 2.24) is 0 Å². The van der Waals surface area contributed by atoms with Crippen LogP contribution in [0.3, 0.4) is 0 Å². The van der Waals surface area contributed by atoms with Gasteiger partial charge in [0.15, 0.2) is 0 Å². The van der Waals surface area contributed by atoms with Gasteiger partial charge in [-0.1, -0.05) is 18.2 Å². The van der Waals surface area contributed by atoms with E-state index in [1.165, 1.54) is 0 Å². The third-order valence-electron chi connectivity index (χ3n) is 3.63. The molecule has 1 saturated carbocycles. The minimum absolute atomic E-state index is 0.167. The van der Waals surface area contributed by atoms with Gasteiger partial charge < -0.3 is 14.6 Å². The van der Waals surface area contributed by atoms with Gasteiger partial charge in [-0.2, -0.15) is 0 Å². The van der Waals surface area contributed by atoms with Gasteiger partial charge in [-0.25, -0.2) is 4.79 Å². The summed E-state index contributed by atoms with van der Waals surface area (Å²) in [6, 6.07) is 6.98. The lowest BCUT2D eigenvalue weighted by molar-refractivity contribution is -0.0365. The minimum Gasteiger partial charge on any atom is -0.478 e. The molecule has 1 aromatic carbocycles. The molecule has 0 bridgehead atoms. The zero-order chi connectivity index (χ0) is 13.7. The first-order chi connectivity index (χ1) is 9.20. The van der Waals surface area contributed by atoms with Gasteiger partial charge in [0.1, 0.15) is 0 Å². The molecule has 0 spiro atoms. The quantitative estimate of drug-likeness (QED) is 0.888. The molecule has 0 amide bonds. The summed E-state index contributed by atoms with van der Waals surface area (Å²) in [5.41, 5.74) is 1.05. The van der Waals surface area contributed by atoms with Gasteiger partial charge in [-0.3, -0.25) is 0 Å². The smallest absolute Gasteiger partial charge is 0.336 e. The summed E-state index contributed by atoms with van der Waals surface area (Å²) in [4.78, 5) is 11.1. The van der Waals surface area contributed by atoms with E-state index >= 15 is 0 Å². The molecule has 4 heteroatoms. The number of methoxy groups -OCH3 is 1. The third-order valence-corrected chi connectivity index (χ3v) is 3.63. The fraction of sp³-hybridized carbons (Fsp3) is 0.533. The highest BCUT2D eigenvalue weighted by Gasteiger charge is 2.22. The van der Waals surface area contributed by atoms with Crippen molar-refractivity contribution in [2.45, 2.75) is 44.5 Å². The number of hydrogen-bond acceptors (Lipinski definition) is 3. The highest BCUT2D eigenvalue weighted by atomic mass is 16.5. The molecule has 0 saturated heterocycles. The maximum atomic E-state index is 11.1. The number of carbonyl (C=O) groups is 1. The summed E-state index contributed by atoms with van der Waals surface area (Å²) < 4.78 is 11.2. The molecule has 0 aliphatic heterocycles. The molecular formula is C15H20O4. The molecule has 0 radical (unpaired) electrons. The molecule has 1 aliphatic rings. The van der Waals surface area contributed by atoms with Gasteiger partial charge >= 0.3 is 5.97 Å². The number of benzene rings is 1. The van der Waals surface area contributed by atoms with E-state index in [0.29, 0.717) is 12.2 Å². The topological polar surface area (TPSA) is 55.8 Å². The van der Waals surface area contributed by atoms with E-state index in [9.17, 15) is 4.79 Å². The van der Waals surface area contributed by atoms with Crippen LogP contribution in [0.4, 0.5) is 0 Å². The summed E-state index contributed by atoms with van der Waals surface area (Å²) >= 11 is 0. The molecule has 2 unspecified atom stereocenters. The highest BCUT2D eigenvalue weighted by molar-refractivity contribution is 5.89. The maximum Gasteiger partial charge on any atom is 0.336 e. The van der Waals surface area contributed by atoms with Gasteiger partial charge in [0.25, 0.3) is 0 Å². The van der Waals surface area contributed by atoms with Crippen LogP contribution in [0.25, 0.3) is 0 Å². The van der Waals surface area contributed by atoms with E-state index in [0.717, 1.165) is 31.2 Å². The first-order valence-corrected chi connectivity index (χ1v) is 6.66. The lowest BCUT2D eigenvalue weighted by atomic mass is 9.95. The Morgan fingerprint density at radius 1 is 1.32 bits per heavy atom. The fourth-order valence-electron chi connectivity index (χ4n) is 2.53. The standard InChI is InChI=1S/C15H20O4/c1-18-12-6-4-7-13(9-12)19-10-11-5-2-3-8-14(11)15(16)17/h2-3,5,8,12-13H,4,6-7,9-10H2,1H3,(H,16,17). The van der Waals surface area contributed by atoms with Crippen molar-refractivity contribution < 1.29 is 19.4 Å². The Morgan fingerprint density at radius 2 is 2.05 bits per heavy atom. The van der Waals surface area contributed by atoms with Crippen molar-refractivity contribution >= 4 is 5.97 Å². The zero-order valence-corrected chi connectivity index (χ0v) is 11.2. The molecule has 1 fully saturated rings. The van der Waals surface area contributed by atoms with Crippen LogP contribution in [0.2, 0.25) is 0 Å². The van der Waals surface area contributed by atoms with Gasteiger partial charge in [0, 0.05) is 7.11 Å². The molecule has 2 atom stereocenters. The molecule has 4 nitrogen and oxygen atoms in total. The molecule has 19 heavy (non-hydrogen) atoms. The van der Waals surface area contributed by atoms with Gasteiger partial charge in [-0.15, -0.1) is 0 Å². The molecule has 0 heterocycles. The monoisotopic (exact) mass is 264 g/mol. The Kier molecular flexibility index (Phi) is 4.93. The van der Waals surface area contributed by atoms with Crippen molar-refractivity contribution in [1.29, 1.82) is 0 Å². The number of ether oxygens (including phenoxy) is 2. The first kappa shape index (κ1) is 14.0. The summed E-state index contributed by atoms with van der Waals surface area (Å²) in [7, 11) is 1.73. The molecule has 1 aromatic rings. The first-order valence-electron chi connectivity index (χ1n) is 6.66. The normalized spacial score (nSPS) is 23.2. The largest absolute Gasteiger partial charge is 0.478 e. The molecule has 1 aliphatic carbocycles. The average molecular weight is 264 g/mol. The van der Waals surface area contributed by atoms with Gasteiger partial charge in [0.05, 0.1) is 24.4 Å². The lowest BCUT2D eigenvalue weighted by Crippen LogP contribution is -2.27. The van der Waals surface area contributed by atoms with Gasteiger partial charge in [0.2, 0.25) is 0 Å². The van der Waals surface area contributed by atoms with Crippen LogP contribution < -0.4 is 0 Å². The molecule has 0 aromatic heterocycles. The van der Waals surface area contributed by atoms with E-state index in [2.05, 4.69) is 0 Å². The van der Waals surface area contributed by atoms with Crippen LogP contribution in [-0.4, -0.2) is 30.4 Å². The van der Waals surface area contributed by atoms with Crippen LogP contribution in [0.15, 0.2) is 24.3 Å². The number of rotatable bonds is 5. The van der Waals surface area contributed by atoms with Crippen molar-refractivity contribution in [2.24, 2.45) is 0 Å². The Hall–Kier alpha value is -1.39. The maximum absolute atomic E-state index is 11.1. The van der Waals surface area contributed by atoms with Crippen LogP contribution >= 0.6 is 0 Å². The van der Waals surface area contributed by atoms with Crippen molar-refractivity contribution in [2.75, 3.05) is 7.11 Å². The van der Waals surface area contributed by atoms with Crippen LogP contribution in [0.5, 0.6) is 0 Å². The van der Waals surface area contributed by atoms with Crippen LogP contribution in [-0.2, 0) is 16.1 Å². The van der Waals surface area contributed by atoms with E-state index in [4.69, 9.17) is 14.6 Å².